The molecule has 0 aliphatic carbocycles. The number of hydrogen-bond donors (Lipinski definition) is 1. The van der Waals surface area contributed by atoms with Gasteiger partial charge in [0.05, 0.1) is 11.9 Å². The summed E-state index contributed by atoms with van der Waals surface area (Å²) in [4.78, 5) is 19.2. The van der Waals surface area contributed by atoms with Crippen molar-refractivity contribution < 1.29 is 4.79 Å². The summed E-state index contributed by atoms with van der Waals surface area (Å²) in [5, 5.41) is 0. The van der Waals surface area contributed by atoms with E-state index in [1.54, 1.807) is 42.9 Å². The average Bonchev–Trinajstić information content (AvgIpc) is 2.38. The van der Waals surface area contributed by atoms with Crippen molar-refractivity contribution in [2.24, 2.45) is 5.73 Å². The molecule has 0 aliphatic rings. The molecule has 2 aromatic rings. The molecule has 1 aromatic heterocycles. The van der Waals surface area contributed by atoms with Crippen molar-refractivity contribution in [3.63, 3.8) is 0 Å². The largest absolute Gasteiger partial charge is 0.366 e. The maximum absolute atomic E-state index is 11.2. The zero-order valence-electron chi connectivity index (χ0n) is 9.08. The fourth-order valence-corrected chi connectivity index (χ4v) is 1.44. The molecule has 0 aliphatic heterocycles. The van der Waals surface area contributed by atoms with Gasteiger partial charge in [-0.3, -0.25) is 14.8 Å². The Morgan fingerprint density at radius 1 is 1.18 bits per heavy atom. The highest BCUT2D eigenvalue weighted by Gasteiger charge is 2.03. The Bertz CT molecular complexity index is 550. The highest BCUT2D eigenvalue weighted by Crippen LogP contribution is 2.11. The Labute approximate surface area is 98.8 Å². The van der Waals surface area contributed by atoms with Crippen LogP contribution in [0.1, 0.15) is 21.6 Å². The van der Waals surface area contributed by atoms with E-state index in [2.05, 4.69) is 9.97 Å². The number of carbonyl (C=O) groups is 1. The van der Waals surface area contributed by atoms with Gasteiger partial charge in [-0.25, -0.2) is 0 Å². The molecule has 0 atom stereocenters. The van der Waals surface area contributed by atoms with Crippen molar-refractivity contribution in [2.75, 3.05) is 0 Å². The van der Waals surface area contributed by atoms with Gasteiger partial charge in [0.1, 0.15) is 0 Å². The van der Waals surface area contributed by atoms with E-state index in [1.165, 1.54) is 0 Å². The fourth-order valence-electron chi connectivity index (χ4n) is 1.44. The Balaban J connectivity index is 2.30. The maximum Gasteiger partial charge on any atom is 0.249 e. The summed E-state index contributed by atoms with van der Waals surface area (Å²) in [5.74, 6) is -0.440. The molecule has 1 aromatic carbocycles. The molecule has 84 valence electrons. The van der Waals surface area contributed by atoms with Crippen molar-refractivity contribution in [1.29, 1.82) is 0 Å². The van der Waals surface area contributed by atoms with Crippen LogP contribution in [0.3, 0.4) is 0 Å². The van der Waals surface area contributed by atoms with E-state index < -0.39 is 5.91 Å². The summed E-state index contributed by atoms with van der Waals surface area (Å²) in [7, 11) is 0. The van der Waals surface area contributed by atoms with Crippen LogP contribution in [-0.4, -0.2) is 15.9 Å². The van der Waals surface area contributed by atoms with Gasteiger partial charge in [0.15, 0.2) is 0 Å². The first-order chi connectivity index (χ1) is 8.27. The zero-order chi connectivity index (χ0) is 12.1. The van der Waals surface area contributed by atoms with E-state index in [0.29, 0.717) is 5.56 Å². The summed E-state index contributed by atoms with van der Waals surface area (Å²) in [6, 6.07) is 7.15. The molecule has 0 saturated heterocycles. The molecule has 0 spiro atoms. The Morgan fingerprint density at radius 2 is 2.00 bits per heavy atom. The van der Waals surface area contributed by atoms with E-state index in [4.69, 9.17) is 5.73 Å². The van der Waals surface area contributed by atoms with Crippen LogP contribution in [0.2, 0.25) is 0 Å². The van der Waals surface area contributed by atoms with Crippen molar-refractivity contribution in [3.8, 4) is 0 Å². The normalized spacial score (nSPS) is 10.6. The molecule has 4 nitrogen and oxygen atoms in total. The fraction of sp³-hybridized carbons (Fsp3) is 0. The standard InChI is InChI=1S/C13H11N3O/c14-13(17)12-4-2-1-3-10(12)5-6-11-9-15-7-8-16-11/h1-9H,(H2,14,17). The van der Waals surface area contributed by atoms with Crippen LogP contribution in [0.4, 0.5) is 0 Å². The molecule has 2 N–H and O–H groups in total. The number of primary amides is 1. The Morgan fingerprint density at radius 3 is 2.71 bits per heavy atom. The second-order valence-corrected chi connectivity index (χ2v) is 3.42. The highest BCUT2D eigenvalue weighted by molar-refractivity contribution is 5.97. The second kappa shape index (κ2) is 5.03. The van der Waals surface area contributed by atoms with Crippen LogP contribution in [0.25, 0.3) is 12.2 Å². The number of carbonyl (C=O) groups excluding carboxylic acids is 1. The summed E-state index contributed by atoms with van der Waals surface area (Å²) in [6.45, 7) is 0. The number of nitrogens with two attached hydrogens (primary N) is 1. The number of nitrogens with zero attached hydrogens (tertiary/aromatic N) is 2. The molecule has 0 unspecified atom stereocenters. The lowest BCUT2D eigenvalue weighted by molar-refractivity contribution is 0.1000. The van der Waals surface area contributed by atoms with Crippen LogP contribution >= 0.6 is 0 Å². The highest BCUT2D eigenvalue weighted by atomic mass is 16.1. The first kappa shape index (κ1) is 11.0. The number of rotatable bonds is 3. The van der Waals surface area contributed by atoms with Gasteiger partial charge in [0, 0.05) is 18.0 Å². The third-order valence-electron chi connectivity index (χ3n) is 2.24. The first-order valence-corrected chi connectivity index (χ1v) is 5.10. The molecular weight excluding hydrogens is 214 g/mol. The monoisotopic (exact) mass is 225 g/mol. The van der Waals surface area contributed by atoms with Gasteiger partial charge in [0.25, 0.3) is 0 Å². The molecule has 0 radical (unpaired) electrons. The van der Waals surface area contributed by atoms with E-state index in [1.807, 2.05) is 12.1 Å². The van der Waals surface area contributed by atoms with Crippen molar-refractivity contribution >= 4 is 18.1 Å². The first-order valence-electron chi connectivity index (χ1n) is 5.10. The van der Waals surface area contributed by atoms with Crippen LogP contribution in [0.5, 0.6) is 0 Å². The van der Waals surface area contributed by atoms with Gasteiger partial charge in [-0.2, -0.15) is 0 Å². The Hall–Kier alpha value is -2.49. The SMILES string of the molecule is NC(=O)c1ccccc1C=Cc1cnccn1. The number of aromatic nitrogens is 2. The molecule has 1 amide bonds. The predicted molar refractivity (Wildman–Crippen MR) is 65.9 cm³/mol. The average molecular weight is 225 g/mol. The lowest BCUT2D eigenvalue weighted by atomic mass is 10.1. The smallest absolute Gasteiger partial charge is 0.249 e. The van der Waals surface area contributed by atoms with Crippen molar-refractivity contribution in [2.45, 2.75) is 0 Å². The van der Waals surface area contributed by atoms with Gasteiger partial charge in [-0.05, 0) is 17.7 Å². The van der Waals surface area contributed by atoms with Gasteiger partial charge in [-0.1, -0.05) is 24.3 Å². The van der Waals surface area contributed by atoms with Crippen molar-refractivity contribution in [1.82, 2.24) is 9.97 Å². The van der Waals surface area contributed by atoms with E-state index >= 15 is 0 Å². The van der Waals surface area contributed by atoms with Gasteiger partial charge in [0.2, 0.25) is 5.91 Å². The van der Waals surface area contributed by atoms with E-state index in [-0.39, 0.29) is 0 Å². The number of amides is 1. The lowest BCUT2D eigenvalue weighted by Gasteiger charge is -2.00. The van der Waals surface area contributed by atoms with Gasteiger partial charge in [-0.15, -0.1) is 0 Å². The third kappa shape index (κ3) is 2.75. The quantitative estimate of drug-likeness (QED) is 0.865. The van der Waals surface area contributed by atoms with Crippen LogP contribution in [0.15, 0.2) is 42.9 Å². The number of benzene rings is 1. The summed E-state index contributed by atoms with van der Waals surface area (Å²) in [5.41, 5.74) is 7.27. The molecule has 2 rings (SSSR count). The molecule has 0 fully saturated rings. The minimum Gasteiger partial charge on any atom is -0.366 e. The van der Waals surface area contributed by atoms with E-state index in [0.717, 1.165) is 11.3 Å². The number of hydrogen-bond acceptors (Lipinski definition) is 3. The van der Waals surface area contributed by atoms with Crippen LogP contribution in [-0.2, 0) is 0 Å². The second-order valence-electron chi connectivity index (χ2n) is 3.42. The Kier molecular flexibility index (Phi) is 3.25. The van der Waals surface area contributed by atoms with Crippen LogP contribution in [0, 0.1) is 0 Å². The minimum absolute atomic E-state index is 0.440. The van der Waals surface area contributed by atoms with Crippen LogP contribution < -0.4 is 5.73 Å². The van der Waals surface area contributed by atoms with Crippen molar-refractivity contribution in [3.05, 3.63) is 59.7 Å². The van der Waals surface area contributed by atoms with Gasteiger partial charge >= 0.3 is 0 Å². The third-order valence-corrected chi connectivity index (χ3v) is 2.24. The molecular formula is C13H11N3O. The van der Waals surface area contributed by atoms with E-state index in [9.17, 15) is 4.79 Å². The predicted octanol–water partition coefficient (Wildman–Crippen LogP) is 1.75. The summed E-state index contributed by atoms with van der Waals surface area (Å²) < 4.78 is 0. The molecule has 1 heterocycles. The summed E-state index contributed by atoms with van der Waals surface area (Å²) in [6.07, 6.45) is 8.44. The maximum atomic E-state index is 11.2. The lowest BCUT2D eigenvalue weighted by Crippen LogP contribution is -2.12. The molecule has 0 bridgehead atoms. The molecule has 4 heteroatoms. The molecule has 0 saturated carbocycles. The molecule has 17 heavy (non-hydrogen) atoms. The summed E-state index contributed by atoms with van der Waals surface area (Å²) >= 11 is 0. The zero-order valence-corrected chi connectivity index (χ0v) is 9.08. The van der Waals surface area contributed by atoms with Gasteiger partial charge < -0.3 is 5.73 Å². The minimum atomic E-state index is -0.440. The topological polar surface area (TPSA) is 68.9 Å².